The highest BCUT2D eigenvalue weighted by molar-refractivity contribution is 5.96. The van der Waals surface area contributed by atoms with Crippen LogP contribution in [0.1, 0.15) is 36.5 Å². The van der Waals surface area contributed by atoms with Crippen molar-refractivity contribution in [3.05, 3.63) is 29.8 Å². The molecule has 1 aromatic rings. The Morgan fingerprint density at radius 1 is 1.38 bits per heavy atom. The van der Waals surface area contributed by atoms with Crippen LogP contribution in [0.25, 0.3) is 0 Å². The number of benzene rings is 1. The van der Waals surface area contributed by atoms with Crippen molar-refractivity contribution in [2.75, 3.05) is 26.2 Å². The second-order valence-electron chi connectivity index (χ2n) is 5.56. The van der Waals surface area contributed by atoms with Crippen LogP contribution >= 0.6 is 0 Å². The highest BCUT2D eigenvalue weighted by Crippen LogP contribution is 2.29. The van der Waals surface area contributed by atoms with E-state index in [-0.39, 0.29) is 5.91 Å². The lowest BCUT2D eigenvalue weighted by Crippen LogP contribution is -2.32. The number of hydrogen-bond donors (Lipinski definition) is 2. The lowest BCUT2D eigenvalue weighted by Gasteiger charge is -2.21. The highest BCUT2D eigenvalue weighted by Gasteiger charge is 2.23. The van der Waals surface area contributed by atoms with Crippen LogP contribution in [-0.2, 0) is 0 Å². The van der Waals surface area contributed by atoms with Crippen LogP contribution in [0, 0.1) is 5.92 Å². The fourth-order valence-electron chi connectivity index (χ4n) is 2.42. The van der Waals surface area contributed by atoms with Gasteiger partial charge in [-0.15, -0.1) is 0 Å². The number of carbonyl (C=O) groups is 1. The second kappa shape index (κ2) is 8.00. The van der Waals surface area contributed by atoms with Crippen molar-refractivity contribution in [1.29, 1.82) is 0 Å². The summed E-state index contributed by atoms with van der Waals surface area (Å²) in [7, 11) is 0. The second-order valence-corrected chi connectivity index (χ2v) is 5.56. The molecule has 0 saturated heterocycles. The number of para-hydroxylation sites is 1. The Morgan fingerprint density at radius 3 is 2.81 bits per heavy atom. The maximum atomic E-state index is 11.7. The molecule has 0 atom stereocenters. The van der Waals surface area contributed by atoms with Gasteiger partial charge in [-0.05, 0) is 43.9 Å². The number of nitrogens with zero attached hydrogens (tertiary/aromatic N) is 1. The number of nitrogen functional groups attached to an aromatic ring is 1. The number of ether oxygens (including phenoxy) is 1. The molecule has 116 valence electrons. The fraction of sp³-hybridized carbons (Fsp3) is 0.562. The molecule has 0 bridgehead atoms. The van der Waals surface area contributed by atoms with Gasteiger partial charge in [0.15, 0.2) is 0 Å². The molecule has 0 heterocycles. The first-order valence-electron chi connectivity index (χ1n) is 7.69. The first-order valence-corrected chi connectivity index (χ1v) is 7.69. The number of hydrazine groups is 1. The van der Waals surface area contributed by atoms with E-state index in [0.717, 1.165) is 25.4 Å². The van der Waals surface area contributed by atoms with Crippen LogP contribution in [-0.4, -0.2) is 37.0 Å². The van der Waals surface area contributed by atoms with E-state index in [0.29, 0.717) is 17.9 Å². The Kier molecular flexibility index (Phi) is 6.02. The first-order chi connectivity index (χ1) is 10.2. The first kappa shape index (κ1) is 15.8. The van der Waals surface area contributed by atoms with Gasteiger partial charge in [-0.3, -0.25) is 15.1 Å². The number of nitrogens with two attached hydrogens (primary N) is 1. The maximum absolute atomic E-state index is 11.7. The minimum Gasteiger partial charge on any atom is -0.491 e. The molecule has 1 saturated carbocycles. The molecule has 1 fully saturated rings. The van der Waals surface area contributed by atoms with Gasteiger partial charge < -0.3 is 4.74 Å². The predicted molar refractivity (Wildman–Crippen MR) is 83.0 cm³/mol. The summed E-state index contributed by atoms with van der Waals surface area (Å²) in [4.78, 5) is 14.1. The van der Waals surface area contributed by atoms with E-state index in [9.17, 15) is 4.79 Å². The monoisotopic (exact) mass is 291 g/mol. The van der Waals surface area contributed by atoms with Crippen LogP contribution in [0.4, 0.5) is 0 Å². The van der Waals surface area contributed by atoms with E-state index >= 15 is 0 Å². The molecule has 1 aromatic carbocycles. The molecule has 5 heteroatoms. The third-order valence-corrected chi connectivity index (χ3v) is 3.68. The summed E-state index contributed by atoms with van der Waals surface area (Å²) in [6.45, 7) is 5.94. The number of nitrogens with one attached hydrogen (secondary N) is 1. The topological polar surface area (TPSA) is 67.6 Å². The number of carbonyl (C=O) groups excluding carboxylic acids is 1. The third-order valence-electron chi connectivity index (χ3n) is 3.68. The Morgan fingerprint density at radius 2 is 2.14 bits per heavy atom. The molecule has 1 aliphatic rings. The van der Waals surface area contributed by atoms with Crippen LogP contribution in [0.5, 0.6) is 5.75 Å². The van der Waals surface area contributed by atoms with Crippen LogP contribution in [0.2, 0.25) is 0 Å². The Bertz CT molecular complexity index is 461. The highest BCUT2D eigenvalue weighted by atomic mass is 16.5. The summed E-state index contributed by atoms with van der Waals surface area (Å²) in [5.74, 6) is 6.33. The molecule has 2 rings (SSSR count). The van der Waals surface area contributed by atoms with Gasteiger partial charge in [-0.1, -0.05) is 19.1 Å². The minimum atomic E-state index is -0.325. The zero-order chi connectivity index (χ0) is 15.1. The van der Waals surface area contributed by atoms with Crippen molar-refractivity contribution < 1.29 is 9.53 Å². The summed E-state index contributed by atoms with van der Waals surface area (Å²) in [5.41, 5.74) is 2.62. The molecule has 0 radical (unpaired) electrons. The van der Waals surface area contributed by atoms with Gasteiger partial charge in [0.25, 0.3) is 5.91 Å². The van der Waals surface area contributed by atoms with Gasteiger partial charge in [0.1, 0.15) is 12.4 Å². The molecule has 5 nitrogen and oxygen atoms in total. The van der Waals surface area contributed by atoms with E-state index in [4.69, 9.17) is 10.6 Å². The summed E-state index contributed by atoms with van der Waals surface area (Å²) in [5, 5.41) is 0. The van der Waals surface area contributed by atoms with E-state index < -0.39 is 0 Å². The number of amides is 1. The fourth-order valence-corrected chi connectivity index (χ4v) is 2.42. The third kappa shape index (κ3) is 5.02. The zero-order valence-corrected chi connectivity index (χ0v) is 12.7. The molecular weight excluding hydrogens is 266 g/mol. The van der Waals surface area contributed by atoms with Crippen molar-refractivity contribution in [2.24, 2.45) is 11.8 Å². The largest absolute Gasteiger partial charge is 0.491 e. The number of hydrogen-bond acceptors (Lipinski definition) is 4. The Balaban J connectivity index is 1.85. The molecule has 1 aliphatic carbocycles. The average Bonchev–Trinajstić information content (AvgIpc) is 3.31. The van der Waals surface area contributed by atoms with E-state index in [2.05, 4.69) is 17.2 Å². The van der Waals surface area contributed by atoms with Crippen molar-refractivity contribution in [3.63, 3.8) is 0 Å². The standard InChI is InChI=1S/C16H25N3O2/c1-2-9-19(12-13-7-8-13)10-11-21-15-6-4-3-5-14(15)16(20)18-17/h3-6,13H,2,7-12,17H2,1H3,(H,18,20). The van der Waals surface area contributed by atoms with Crippen LogP contribution < -0.4 is 16.0 Å². The normalized spacial score (nSPS) is 14.2. The Hall–Kier alpha value is -1.59. The van der Waals surface area contributed by atoms with Crippen molar-refractivity contribution >= 4 is 5.91 Å². The summed E-state index contributed by atoms with van der Waals surface area (Å²) in [6.07, 6.45) is 3.88. The summed E-state index contributed by atoms with van der Waals surface area (Å²) in [6, 6.07) is 7.17. The lowest BCUT2D eigenvalue weighted by atomic mass is 10.2. The smallest absolute Gasteiger partial charge is 0.268 e. The molecule has 3 N–H and O–H groups in total. The zero-order valence-electron chi connectivity index (χ0n) is 12.7. The van der Waals surface area contributed by atoms with Gasteiger partial charge in [0.2, 0.25) is 0 Å². The molecule has 0 aromatic heterocycles. The maximum Gasteiger partial charge on any atom is 0.268 e. The predicted octanol–water partition coefficient (Wildman–Crippen LogP) is 1.79. The molecule has 21 heavy (non-hydrogen) atoms. The SMILES string of the molecule is CCCN(CCOc1ccccc1C(=O)NN)CC1CC1. The number of rotatable bonds is 9. The lowest BCUT2D eigenvalue weighted by molar-refractivity contribution is 0.0948. The van der Waals surface area contributed by atoms with Crippen molar-refractivity contribution in [3.8, 4) is 5.75 Å². The van der Waals surface area contributed by atoms with Crippen LogP contribution in [0.15, 0.2) is 24.3 Å². The van der Waals surface area contributed by atoms with E-state index in [1.807, 2.05) is 6.07 Å². The molecule has 0 aliphatic heterocycles. The summed E-state index contributed by atoms with van der Waals surface area (Å²) >= 11 is 0. The molecule has 0 unspecified atom stereocenters. The van der Waals surface area contributed by atoms with Gasteiger partial charge in [-0.2, -0.15) is 0 Å². The minimum absolute atomic E-state index is 0.325. The van der Waals surface area contributed by atoms with Gasteiger partial charge in [0, 0.05) is 13.1 Å². The quantitative estimate of drug-likeness (QED) is 0.413. The molecular formula is C16H25N3O2. The van der Waals surface area contributed by atoms with Crippen molar-refractivity contribution in [1.82, 2.24) is 10.3 Å². The van der Waals surface area contributed by atoms with Crippen LogP contribution in [0.3, 0.4) is 0 Å². The molecule has 1 amide bonds. The van der Waals surface area contributed by atoms with Gasteiger partial charge >= 0.3 is 0 Å². The van der Waals surface area contributed by atoms with E-state index in [1.165, 1.54) is 19.4 Å². The Labute approximate surface area is 126 Å². The van der Waals surface area contributed by atoms with Gasteiger partial charge in [-0.25, -0.2) is 5.84 Å². The average molecular weight is 291 g/mol. The molecule has 0 spiro atoms. The summed E-state index contributed by atoms with van der Waals surface area (Å²) < 4.78 is 5.78. The van der Waals surface area contributed by atoms with Gasteiger partial charge in [0.05, 0.1) is 5.56 Å². The van der Waals surface area contributed by atoms with Crippen molar-refractivity contribution in [2.45, 2.75) is 26.2 Å². The van der Waals surface area contributed by atoms with E-state index in [1.54, 1.807) is 18.2 Å².